The van der Waals surface area contributed by atoms with Crippen molar-refractivity contribution in [3.05, 3.63) is 71.8 Å². The van der Waals surface area contributed by atoms with Gasteiger partial charge in [-0.2, -0.15) is 0 Å². The standard InChI is InChI=1S/C13H10O.3BrH/c14-13(11-7-3-1-4-8-11)12-9-5-2-6-10-12;;;/h1-10H;3*1H. The highest BCUT2D eigenvalue weighted by molar-refractivity contribution is 8.93. The van der Waals surface area contributed by atoms with Gasteiger partial charge in [-0.05, 0) is 0 Å². The quantitative estimate of drug-likeness (QED) is 0.641. The molecule has 0 aliphatic rings. The van der Waals surface area contributed by atoms with E-state index in [-0.39, 0.29) is 56.7 Å². The van der Waals surface area contributed by atoms with Crippen LogP contribution in [0.25, 0.3) is 0 Å². The Morgan fingerprint density at radius 3 is 1.18 bits per heavy atom. The number of carbonyl (C=O) groups excluding carboxylic acids is 1. The summed E-state index contributed by atoms with van der Waals surface area (Å²) in [6, 6.07) is 18.6. The van der Waals surface area contributed by atoms with Crippen molar-refractivity contribution >= 4 is 56.7 Å². The van der Waals surface area contributed by atoms with Crippen molar-refractivity contribution in [3.8, 4) is 0 Å². The zero-order valence-electron chi connectivity index (χ0n) is 8.91. The summed E-state index contributed by atoms with van der Waals surface area (Å²) in [5.74, 6) is 0.0752. The highest BCUT2D eigenvalue weighted by Gasteiger charge is 2.06. The number of halogens is 3. The van der Waals surface area contributed by atoms with E-state index in [0.29, 0.717) is 0 Å². The van der Waals surface area contributed by atoms with E-state index < -0.39 is 0 Å². The molecule has 0 aliphatic carbocycles. The maximum Gasteiger partial charge on any atom is 0.193 e. The second-order valence-electron chi connectivity index (χ2n) is 3.06. The Kier molecular flexibility index (Phi) is 10.6. The topological polar surface area (TPSA) is 17.1 Å². The molecule has 0 saturated heterocycles. The minimum Gasteiger partial charge on any atom is -0.289 e. The summed E-state index contributed by atoms with van der Waals surface area (Å²) in [6.45, 7) is 0. The van der Waals surface area contributed by atoms with E-state index in [1.807, 2.05) is 60.7 Å². The van der Waals surface area contributed by atoms with Gasteiger partial charge in [0.1, 0.15) is 0 Å². The fourth-order valence-corrected chi connectivity index (χ4v) is 1.35. The van der Waals surface area contributed by atoms with E-state index in [0.717, 1.165) is 11.1 Å². The van der Waals surface area contributed by atoms with Gasteiger partial charge >= 0.3 is 0 Å². The molecule has 2 rings (SSSR count). The Hall–Kier alpha value is -0.450. The van der Waals surface area contributed by atoms with Gasteiger partial charge in [0.05, 0.1) is 0 Å². The van der Waals surface area contributed by atoms with Crippen molar-refractivity contribution in [1.29, 1.82) is 0 Å². The van der Waals surface area contributed by atoms with Crippen LogP contribution in [0.2, 0.25) is 0 Å². The van der Waals surface area contributed by atoms with Crippen LogP contribution >= 0.6 is 50.9 Å². The van der Waals surface area contributed by atoms with Crippen LogP contribution in [0, 0.1) is 0 Å². The number of rotatable bonds is 2. The lowest BCUT2D eigenvalue weighted by Crippen LogP contribution is -1.99. The molecule has 0 aromatic heterocycles. The fourth-order valence-electron chi connectivity index (χ4n) is 1.35. The average Bonchev–Trinajstić information content (AvgIpc) is 2.30. The van der Waals surface area contributed by atoms with Gasteiger partial charge in [-0.15, -0.1) is 50.9 Å². The summed E-state index contributed by atoms with van der Waals surface area (Å²) in [6.07, 6.45) is 0. The van der Waals surface area contributed by atoms with E-state index >= 15 is 0 Å². The first-order chi connectivity index (χ1) is 6.88. The van der Waals surface area contributed by atoms with Gasteiger partial charge in [0.2, 0.25) is 0 Å². The van der Waals surface area contributed by atoms with E-state index in [2.05, 4.69) is 0 Å². The van der Waals surface area contributed by atoms with Gasteiger partial charge in [-0.1, -0.05) is 60.7 Å². The Morgan fingerprint density at radius 1 is 0.588 bits per heavy atom. The van der Waals surface area contributed by atoms with Crippen LogP contribution < -0.4 is 0 Å². The molecule has 17 heavy (non-hydrogen) atoms. The molecule has 0 atom stereocenters. The molecule has 1 nitrogen and oxygen atoms in total. The van der Waals surface area contributed by atoms with Crippen molar-refractivity contribution in [1.82, 2.24) is 0 Å². The van der Waals surface area contributed by atoms with Crippen LogP contribution in [0.5, 0.6) is 0 Å². The van der Waals surface area contributed by atoms with Gasteiger partial charge < -0.3 is 0 Å². The van der Waals surface area contributed by atoms with Crippen molar-refractivity contribution in [2.75, 3.05) is 0 Å². The third-order valence-electron chi connectivity index (χ3n) is 2.07. The SMILES string of the molecule is Br.Br.Br.O=C(c1ccccc1)c1ccccc1. The first-order valence-corrected chi connectivity index (χ1v) is 4.53. The molecule has 2 aromatic carbocycles. The maximum absolute atomic E-state index is 11.8. The summed E-state index contributed by atoms with van der Waals surface area (Å²) in [5, 5.41) is 0. The molecule has 0 N–H and O–H groups in total. The van der Waals surface area contributed by atoms with E-state index in [4.69, 9.17) is 0 Å². The lowest BCUT2D eigenvalue weighted by molar-refractivity contribution is 0.103. The largest absolute Gasteiger partial charge is 0.289 e. The molecular formula is C13H13Br3O. The number of benzene rings is 2. The molecule has 0 saturated carbocycles. The molecule has 2 aromatic rings. The van der Waals surface area contributed by atoms with Crippen molar-refractivity contribution in [3.63, 3.8) is 0 Å². The number of hydrogen-bond acceptors (Lipinski definition) is 1. The second-order valence-corrected chi connectivity index (χ2v) is 3.06. The average molecular weight is 425 g/mol. The predicted molar refractivity (Wildman–Crippen MR) is 87.3 cm³/mol. The highest BCUT2D eigenvalue weighted by atomic mass is 79.9. The van der Waals surface area contributed by atoms with Gasteiger partial charge in [0.25, 0.3) is 0 Å². The van der Waals surface area contributed by atoms with Gasteiger partial charge in [0, 0.05) is 11.1 Å². The van der Waals surface area contributed by atoms with Crippen molar-refractivity contribution in [2.45, 2.75) is 0 Å². The van der Waals surface area contributed by atoms with Crippen LogP contribution in [0.3, 0.4) is 0 Å². The lowest BCUT2D eigenvalue weighted by atomic mass is 10.0. The molecule has 0 bridgehead atoms. The van der Waals surface area contributed by atoms with Crippen molar-refractivity contribution < 1.29 is 4.79 Å². The van der Waals surface area contributed by atoms with Crippen molar-refractivity contribution in [2.24, 2.45) is 0 Å². The minimum absolute atomic E-state index is 0. The summed E-state index contributed by atoms with van der Waals surface area (Å²) >= 11 is 0. The molecule has 0 heterocycles. The van der Waals surface area contributed by atoms with Gasteiger partial charge in [-0.3, -0.25) is 4.79 Å². The second kappa shape index (κ2) is 9.57. The normalized spacial score (nSPS) is 8.00. The Morgan fingerprint density at radius 2 is 0.882 bits per heavy atom. The molecule has 0 amide bonds. The van der Waals surface area contributed by atoms with Crippen LogP contribution in [0.1, 0.15) is 15.9 Å². The molecule has 4 heteroatoms. The molecule has 0 fully saturated rings. The van der Waals surface area contributed by atoms with Crippen LogP contribution in [0.4, 0.5) is 0 Å². The Balaban J connectivity index is 0. The Bertz CT molecular complexity index is 387. The van der Waals surface area contributed by atoms with E-state index in [1.165, 1.54) is 0 Å². The van der Waals surface area contributed by atoms with Gasteiger partial charge in [-0.25, -0.2) is 0 Å². The number of ketones is 1. The van der Waals surface area contributed by atoms with E-state index in [9.17, 15) is 4.79 Å². The highest BCUT2D eigenvalue weighted by Crippen LogP contribution is 2.08. The first-order valence-electron chi connectivity index (χ1n) is 4.53. The number of carbonyl (C=O) groups is 1. The van der Waals surface area contributed by atoms with Crippen LogP contribution in [-0.2, 0) is 0 Å². The van der Waals surface area contributed by atoms with Crippen LogP contribution in [0.15, 0.2) is 60.7 Å². The summed E-state index contributed by atoms with van der Waals surface area (Å²) in [5.41, 5.74) is 1.47. The molecule has 92 valence electrons. The summed E-state index contributed by atoms with van der Waals surface area (Å²) < 4.78 is 0. The zero-order valence-corrected chi connectivity index (χ0v) is 14.0. The minimum atomic E-state index is 0. The van der Waals surface area contributed by atoms with Gasteiger partial charge in [0.15, 0.2) is 5.78 Å². The monoisotopic (exact) mass is 422 g/mol. The molecule has 0 aliphatic heterocycles. The zero-order chi connectivity index (χ0) is 9.80. The summed E-state index contributed by atoms with van der Waals surface area (Å²) in [7, 11) is 0. The lowest BCUT2D eigenvalue weighted by Gasteiger charge is -1.99. The third-order valence-corrected chi connectivity index (χ3v) is 2.07. The predicted octanol–water partition coefficient (Wildman–Crippen LogP) is 4.65. The van der Waals surface area contributed by atoms with Crippen LogP contribution in [-0.4, -0.2) is 5.78 Å². The molecular weight excluding hydrogens is 412 g/mol. The maximum atomic E-state index is 11.8. The Labute approximate surface area is 133 Å². The molecule has 0 unspecified atom stereocenters. The number of hydrogen-bond donors (Lipinski definition) is 0. The molecule has 0 spiro atoms. The fraction of sp³-hybridized carbons (Fsp3) is 0. The summed E-state index contributed by atoms with van der Waals surface area (Å²) in [4.78, 5) is 11.8. The third kappa shape index (κ3) is 5.15. The smallest absolute Gasteiger partial charge is 0.193 e. The van der Waals surface area contributed by atoms with E-state index in [1.54, 1.807) is 0 Å². The molecule has 0 radical (unpaired) electrons. The first kappa shape index (κ1) is 18.9.